The highest BCUT2D eigenvalue weighted by molar-refractivity contribution is 7.77. The van der Waals surface area contributed by atoms with Gasteiger partial charge in [-0.05, 0) is 12.3 Å². The Kier molecular flexibility index (Phi) is 5.72. The molecule has 0 rings (SSSR count). The van der Waals surface area contributed by atoms with Gasteiger partial charge in [-0.2, -0.15) is 0 Å². The van der Waals surface area contributed by atoms with Gasteiger partial charge in [0.2, 0.25) is 0 Å². The van der Waals surface area contributed by atoms with E-state index in [4.69, 9.17) is 0 Å². The zero-order valence-electron chi connectivity index (χ0n) is 7.29. The molecule has 2 unspecified atom stereocenters. The summed E-state index contributed by atoms with van der Waals surface area (Å²) in [5.74, 6) is 0.368. The van der Waals surface area contributed by atoms with Crippen molar-refractivity contribution < 1.29 is 8.76 Å². The standard InChI is InChI=1S/C7H17NO2S/c1-4-5-7(6(2)3)8-11(9)10/h6-8H,4-5H2,1-3H3,(H,9,10)/p-1. The molecule has 0 amide bonds. The minimum absolute atomic E-state index is 0.0957. The molecule has 0 aliphatic rings. The summed E-state index contributed by atoms with van der Waals surface area (Å²) < 4.78 is 23.1. The summed E-state index contributed by atoms with van der Waals surface area (Å²) in [5.41, 5.74) is 0. The average Bonchev–Trinajstić information content (AvgIpc) is 1.86. The molecule has 0 spiro atoms. The second-order valence-electron chi connectivity index (χ2n) is 2.99. The molecule has 2 atom stereocenters. The minimum Gasteiger partial charge on any atom is -0.760 e. The second-order valence-corrected chi connectivity index (χ2v) is 3.70. The fraction of sp³-hybridized carbons (Fsp3) is 1.00. The summed E-state index contributed by atoms with van der Waals surface area (Å²) in [7, 11) is 0. The Labute approximate surface area is 71.0 Å². The Morgan fingerprint density at radius 1 is 1.55 bits per heavy atom. The van der Waals surface area contributed by atoms with Crippen LogP contribution in [0.5, 0.6) is 0 Å². The van der Waals surface area contributed by atoms with E-state index in [0.29, 0.717) is 5.92 Å². The van der Waals surface area contributed by atoms with Crippen molar-refractivity contribution in [2.75, 3.05) is 0 Å². The maximum absolute atomic E-state index is 10.3. The molecule has 1 N–H and O–H groups in total. The minimum atomic E-state index is -2.12. The van der Waals surface area contributed by atoms with Crippen LogP contribution in [0.2, 0.25) is 0 Å². The van der Waals surface area contributed by atoms with Crippen molar-refractivity contribution >= 4 is 11.3 Å². The van der Waals surface area contributed by atoms with Crippen molar-refractivity contribution in [3.05, 3.63) is 0 Å². The summed E-state index contributed by atoms with van der Waals surface area (Å²) in [6, 6.07) is 0.0957. The fourth-order valence-corrected chi connectivity index (χ4v) is 1.60. The van der Waals surface area contributed by atoms with Crippen LogP contribution < -0.4 is 4.72 Å². The SMILES string of the molecule is CCCC(NS(=O)[O-])C(C)C. The Hall–Kier alpha value is 0.0700. The Morgan fingerprint density at radius 2 is 2.09 bits per heavy atom. The first-order chi connectivity index (χ1) is 5.07. The van der Waals surface area contributed by atoms with E-state index in [1.807, 2.05) is 20.8 Å². The summed E-state index contributed by atoms with van der Waals surface area (Å²) in [5, 5.41) is 0. The van der Waals surface area contributed by atoms with Gasteiger partial charge in [0.1, 0.15) is 0 Å². The number of hydrogen-bond donors (Lipinski definition) is 1. The molecule has 0 aliphatic heterocycles. The molecule has 0 aliphatic carbocycles. The van der Waals surface area contributed by atoms with Gasteiger partial charge in [-0.15, -0.1) is 0 Å². The molecule has 0 saturated carbocycles. The normalized spacial score (nSPS) is 16.8. The van der Waals surface area contributed by atoms with Crippen molar-refractivity contribution in [3.63, 3.8) is 0 Å². The molecule has 4 heteroatoms. The van der Waals surface area contributed by atoms with Crippen LogP contribution in [0.3, 0.4) is 0 Å². The van der Waals surface area contributed by atoms with Crippen LogP contribution in [0.4, 0.5) is 0 Å². The van der Waals surface area contributed by atoms with Crippen molar-refractivity contribution in [3.8, 4) is 0 Å². The van der Waals surface area contributed by atoms with Crippen molar-refractivity contribution in [2.24, 2.45) is 5.92 Å². The van der Waals surface area contributed by atoms with Gasteiger partial charge in [0.15, 0.2) is 0 Å². The first-order valence-electron chi connectivity index (χ1n) is 3.93. The monoisotopic (exact) mass is 178 g/mol. The third-order valence-electron chi connectivity index (χ3n) is 1.65. The van der Waals surface area contributed by atoms with Crippen LogP contribution in [0.25, 0.3) is 0 Å². The van der Waals surface area contributed by atoms with Gasteiger partial charge in [-0.1, -0.05) is 27.2 Å². The maximum atomic E-state index is 10.3. The predicted molar refractivity (Wildman–Crippen MR) is 45.6 cm³/mol. The lowest BCUT2D eigenvalue weighted by Gasteiger charge is -2.22. The molecule has 3 nitrogen and oxygen atoms in total. The molecule has 68 valence electrons. The number of nitrogens with one attached hydrogen (secondary N) is 1. The van der Waals surface area contributed by atoms with Gasteiger partial charge in [-0.25, -0.2) is 4.72 Å². The van der Waals surface area contributed by atoms with Crippen molar-refractivity contribution in [2.45, 2.75) is 39.7 Å². The largest absolute Gasteiger partial charge is 0.760 e. The first kappa shape index (κ1) is 11.1. The Balaban J connectivity index is 3.79. The van der Waals surface area contributed by atoms with Crippen LogP contribution in [-0.4, -0.2) is 14.8 Å². The topological polar surface area (TPSA) is 52.2 Å². The van der Waals surface area contributed by atoms with Crippen LogP contribution in [-0.2, 0) is 11.3 Å². The molecular formula is C7H16NO2S-. The highest BCUT2D eigenvalue weighted by Gasteiger charge is 2.10. The van der Waals surface area contributed by atoms with E-state index in [2.05, 4.69) is 4.72 Å². The highest BCUT2D eigenvalue weighted by Crippen LogP contribution is 2.07. The summed E-state index contributed by atoms with van der Waals surface area (Å²) >= 11 is -2.12. The highest BCUT2D eigenvalue weighted by atomic mass is 32.2. The third-order valence-corrected chi connectivity index (χ3v) is 2.15. The predicted octanol–water partition coefficient (Wildman–Crippen LogP) is 1.19. The summed E-state index contributed by atoms with van der Waals surface area (Å²) in [6.07, 6.45) is 1.92. The summed E-state index contributed by atoms with van der Waals surface area (Å²) in [6.45, 7) is 6.07. The number of hydrogen-bond acceptors (Lipinski definition) is 2. The molecule has 0 saturated heterocycles. The van der Waals surface area contributed by atoms with Crippen molar-refractivity contribution in [1.29, 1.82) is 0 Å². The van der Waals surface area contributed by atoms with Crippen LogP contribution in [0, 0.1) is 5.92 Å². The van der Waals surface area contributed by atoms with Gasteiger partial charge in [0.25, 0.3) is 0 Å². The third kappa shape index (κ3) is 5.35. The lowest BCUT2D eigenvalue weighted by molar-refractivity contribution is 0.411. The number of rotatable bonds is 5. The van der Waals surface area contributed by atoms with E-state index in [9.17, 15) is 8.76 Å². The van der Waals surface area contributed by atoms with E-state index >= 15 is 0 Å². The Morgan fingerprint density at radius 3 is 2.36 bits per heavy atom. The molecule has 11 heavy (non-hydrogen) atoms. The smallest absolute Gasteiger partial charge is 0.0207 e. The van der Waals surface area contributed by atoms with Gasteiger partial charge < -0.3 is 4.55 Å². The van der Waals surface area contributed by atoms with E-state index in [-0.39, 0.29) is 6.04 Å². The summed E-state index contributed by atoms with van der Waals surface area (Å²) in [4.78, 5) is 0. The first-order valence-corrected chi connectivity index (χ1v) is 5.00. The van der Waals surface area contributed by atoms with Gasteiger partial charge in [-0.3, -0.25) is 4.21 Å². The van der Waals surface area contributed by atoms with E-state index < -0.39 is 11.3 Å². The molecule has 0 aromatic heterocycles. The lowest BCUT2D eigenvalue weighted by Crippen LogP contribution is -2.34. The quantitative estimate of drug-likeness (QED) is 0.643. The molecule has 0 aromatic carbocycles. The molecule has 0 aromatic rings. The van der Waals surface area contributed by atoms with Gasteiger partial charge >= 0.3 is 0 Å². The Bertz CT molecular complexity index is 128. The molecule has 0 fully saturated rings. The zero-order chi connectivity index (χ0) is 8.85. The zero-order valence-corrected chi connectivity index (χ0v) is 8.11. The van der Waals surface area contributed by atoms with E-state index in [1.54, 1.807) is 0 Å². The molecule has 0 bridgehead atoms. The van der Waals surface area contributed by atoms with Crippen LogP contribution in [0.15, 0.2) is 0 Å². The molecule has 0 radical (unpaired) electrons. The molecular weight excluding hydrogens is 162 g/mol. The van der Waals surface area contributed by atoms with Gasteiger partial charge in [0, 0.05) is 17.3 Å². The van der Waals surface area contributed by atoms with Crippen LogP contribution in [0.1, 0.15) is 33.6 Å². The molecule has 0 heterocycles. The lowest BCUT2D eigenvalue weighted by atomic mass is 10.0. The average molecular weight is 178 g/mol. The van der Waals surface area contributed by atoms with E-state index in [0.717, 1.165) is 12.8 Å². The van der Waals surface area contributed by atoms with Crippen LogP contribution >= 0.6 is 0 Å². The van der Waals surface area contributed by atoms with Gasteiger partial charge in [0.05, 0.1) is 0 Å². The van der Waals surface area contributed by atoms with Crippen molar-refractivity contribution in [1.82, 2.24) is 4.72 Å². The maximum Gasteiger partial charge on any atom is 0.0207 e. The second kappa shape index (κ2) is 5.69. The van der Waals surface area contributed by atoms with E-state index in [1.165, 1.54) is 0 Å². The fourth-order valence-electron chi connectivity index (χ4n) is 0.963.